The fourth-order valence-corrected chi connectivity index (χ4v) is 3.23. The Labute approximate surface area is 116 Å². The van der Waals surface area contributed by atoms with Crippen molar-refractivity contribution in [3.8, 4) is 0 Å². The van der Waals surface area contributed by atoms with Crippen molar-refractivity contribution < 1.29 is 9.53 Å². The number of carbonyl (C=O) groups is 1. The lowest BCUT2D eigenvalue weighted by atomic mass is 9.97. The zero-order chi connectivity index (χ0) is 13.7. The van der Waals surface area contributed by atoms with E-state index in [1.165, 1.54) is 32.4 Å². The molecule has 5 heteroatoms. The van der Waals surface area contributed by atoms with E-state index in [1.54, 1.807) is 7.11 Å². The lowest BCUT2D eigenvalue weighted by molar-refractivity contribution is -0.123. The van der Waals surface area contributed by atoms with Crippen molar-refractivity contribution in [3.05, 3.63) is 0 Å². The average molecular weight is 269 g/mol. The molecule has 0 radical (unpaired) electrons. The highest BCUT2D eigenvalue weighted by molar-refractivity contribution is 5.81. The molecule has 0 aromatic carbocycles. The zero-order valence-electron chi connectivity index (χ0n) is 12.2. The van der Waals surface area contributed by atoms with E-state index in [9.17, 15) is 4.79 Å². The molecule has 19 heavy (non-hydrogen) atoms. The first kappa shape index (κ1) is 14.8. The number of nitrogens with one attached hydrogen (secondary N) is 2. The molecule has 0 aromatic heterocycles. The average Bonchev–Trinajstić information content (AvgIpc) is 2.86. The van der Waals surface area contributed by atoms with Gasteiger partial charge in [-0.1, -0.05) is 0 Å². The maximum Gasteiger partial charge on any atom is 0.236 e. The Morgan fingerprint density at radius 2 is 2.26 bits per heavy atom. The second-order valence-electron chi connectivity index (χ2n) is 5.73. The molecule has 5 nitrogen and oxygen atoms in total. The predicted octanol–water partition coefficient (Wildman–Crippen LogP) is 0.354. The molecule has 2 aliphatic heterocycles. The van der Waals surface area contributed by atoms with Gasteiger partial charge in [0.05, 0.1) is 12.6 Å². The van der Waals surface area contributed by atoms with Crippen LogP contribution in [0.2, 0.25) is 0 Å². The third-order valence-corrected chi connectivity index (χ3v) is 4.30. The highest BCUT2D eigenvalue weighted by Gasteiger charge is 2.32. The van der Waals surface area contributed by atoms with Crippen LogP contribution < -0.4 is 10.6 Å². The van der Waals surface area contributed by atoms with Gasteiger partial charge in [-0.05, 0) is 45.7 Å². The molecular formula is C14H27N3O2. The van der Waals surface area contributed by atoms with E-state index in [0.717, 1.165) is 12.5 Å². The van der Waals surface area contributed by atoms with Crippen molar-refractivity contribution >= 4 is 5.91 Å². The first-order valence-electron chi connectivity index (χ1n) is 7.47. The number of nitrogens with zero attached hydrogens (tertiary/aromatic N) is 1. The summed E-state index contributed by atoms with van der Waals surface area (Å²) < 4.78 is 4.93. The molecule has 2 N–H and O–H groups in total. The number of fused-ring (bicyclic) bond motifs is 1. The molecular weight excluding hydrogens is 242 g/mol. The fourth-order valence-electron chi connectivity index (χ4n) is 3.23. The summed E-state index contributed by atoms with van der Waals surface area (Å²) in [4.78, 5) is 14.5. The second-order valence-corrected chi connectivity index (χ2v) is 5.73. The monoisotopic (exact) mass is 269 g/mol. The van der Waals surface area contributed by atoms with Crippen LogP contribution in [0.15, 0.2) is 0 Å². The van der Waals surface area contributed by atoms with E-state index < -0.39 is 0 Å². The summed E-state index contributed by atoms with van der Waals surface area (Å²) in [6, 6.07) is 1.12. The van der Waals surface area contributed by atoms with Gasteiger partial charge in [0.2, 0.25) is 5.91 Å². The van der Waals surface area contributed by atoms with Gasteiger partial charge in [-0.15, -0.1) is 0 Å². The van der Waals surface area contributed by atoms with E-state index >= 15 is 0 Å². The summed E-state index contributed by atoms with van der Waals surface area (Å²) in [6.07, 6.45) is 5.01. The van der Waals surface area contributed by atoms with Crippen LogP contribution in [0.3, 0.4) is 0 Å². The lowest BCUT2D eigenvalue weighted by Gasteiger charge is -2.36. The van der Waals surface area contributed by atoms with E-state index in [0.29, 0.717) is 19.2 Å². The minimum atomic E-state index is -0.116. The quantitative estimate of drug-likeness (QED) is 0.683. The highest BCUT2D eigenvalue weighted by Crippen LogP contribution is 2.26. The molecule has 0 bridgehead atoms. The number of hydrogen-bond acceptors (Lipinski definition) is 4. The van der Waals surface area contributed by atoms with Gasteiger partial charge >= 0.3 is 0 Å². The van der Waals surface area contributed by atoms with Crippen molar-refractivity contribution in [2.75, 3.05) is 33.4 Å². The number of rotatable bonds is 6. The maximum absolute atomic E-state index is 11.9. The van der Waals surface area contributed by atoms with E-state index in [4.69, 9.17) is 4.74 Å². The van der Waals surface area contributed by atoms with Crippen molar-refractivity contribution in [2.45, 2.75) is 50.7 Å². The first-order valence-corrected chi connectivity index (χ1v) is 7.47. The molecule has 0 aromatic rings. The van der Waals surface area contributed by atoms with Gasteiger partial charge in [-0.2, -0.15) is 0 Å². The topological polar surface area (TPSA) is 53.6 Å². The largest absolute Gasteiger partial charge is 0.383 e. The number of carbonyl (C=O) groups excluding carboxylic acids is 1. The van der Waals surface area contributed by atoms with Gasteiger partial charge in [0.1, 0.15) is 0 Å². The van der Waals surface area contributed by atoms with Crippen molar-refractivity contribution in [1.82, 2.24) is 15.5 Å². The van der Waals surface area contributed by atoms with Crippen molar-refractivity contribution in [1.29, 1.82) is 0 Å². The molecule has 2 fully saturated rings. The van der Waals surface area contributed by atoms with Gasteiger partial charge in [0.25, 0.3) is 0 Å². The van der Waals surface area contributed by atoms with Gasteiger partial charge in [-0.25, -0.2) is 0 Å². The number of methoxy groups -OCH3 is 1. The Hall–Kier alpha value is -0.650. The molecule has 0 aliphatic carbocycles. The molecule has 2 saturated heterocycles. The van der Waals surface area contributed by atoms with E-state index in [-0.39, 0.29) is 11.9 Å². The smallest absolute Gasteiger partial charge is 0.236 e. The number of piperidine rings is 1. The summed E-state index contributed by atoms with van der Waals surface area (Å²) in [5, 5.41) is 6.36. The summed E-state index contributed by atoms with van der Waals surface area (Å²) in [5.41, 5.74) is 0. The van der Waals surface area contributed by atoms with Crippen LogP contribution in [-0.4, -0.2) is 62.3 Å². The standard InChI is InChI=1S/C14H27N3O2/c1-11(14(18)15-6-9-19-2)16-12-5-8-17-7-3-4-13(17)10-12/h11-13,16H,3-10H2,1-2H3,(H,15,18). The SMILES string of the molecule is COCCNC(=O)C(C)NC1CCN2CCCC2C1. The molecule has 110 valence electrons. The minimum absolute atomic E-state index is 0.0749. The Kier molecular flexibility index (Phi) is 5.60. The number of amides is 1. The Bertz CT molecular complexity index is 298. The van der Waals surface area contributed by atoms with Gasteiger partial charge in [0, 0.05) is 25.7 Å². The maximum atomic E-state index is 11.9. The molecule has 0 spiro atoms. The zero-order valence-corrected chi connectivity index (χ0v) is 12.2. The number of ether oxygens (including phenoxy) is 1. The molecule has 3 unspecified atom stereocenters. The Balaban J connectivity index is 1.69. The summed E-state index contributed by atoms with van der Waals surface area (Å²) in [5.74, 6) is 0.0749. The molecule has 3 atom stereocenters. The van der Waals surface area contributed by atoms with Crippen molar-refractivity contribution in [3.63, 3.8) is 0 Å². The molecule has 2 heterocycles. The van der Waals surface area contributed by atoms with Crippen LogP contribution in [0.5, 0.6) is 0 Å². The van der Waals surface area contributed by atoms with Crippen LogP contribution in [0.4, 0.5) is 0 Å². The van der Waals surface area contributed by atoms with Crippen LogP contribution in [0.25, 0.3) is 0 Å². The van der Waals surface area contributed by atoms with Crippen LogP contribution in [0.1, 0.15) is 32.6 Å². The van der Waals surface area contributed by atoms with Gasteiger partial charge < -0.3 is 20.3 Å². The normalized spacial score (nSPS) is 28.9. The highest BCUT2D eigenvalue weighted by atomic mass is 16.5. The Morgan fingerprint density at radius 3 is 3.05 bits per heavy atom. The Morgan fingerprint density at radius 1 is 1.42 bits per heavy atom. The molecule has 2 rings (SSSR count). The van der Waals surface area contributed by atoms with Crippen molar-refractivity contribution in [2.24, 2.45) is 0 Å². The molecule has 0 saturated carbocycles. The summed E-state index contributed by atoms with van der Waals surface area (Å²) in [7, 11) is 1.64. The first-order chi connectivity index (χ1) is 9.20. The van der Waals surface area contributed by atoms with Gasteiger partial charge in [-0.3, -0.25) is 4.79 Å². The van der Waals surface area contributed by atoms with Crippen LogP contribution in [0, 0.1) is 0 Å². The summed E-state index contributed by atoms with van der Waals surface area (Å²) >= 11 is 0. The van der Waals surface area contributed by atoms with E-state index in [1.807, 2.05) is 6.92 Å². The summed E-state index contributed by atoms with van der Waals surface area (Å²) in [6.45, 7) is 5.55. The third kappa shape index (κ3) is 4.16. The third-order valence-electron chi connectivity index (χ3n) is 4.30. The van der Waals surface area contributed by atoms with Crippen LogP contribution >= 0.6 is 0 Å². The molecule has 1 amide bonds. The minimum Gasteiger partial charge on any atom is -0.383 e. The predicted molar refractivity (Wildman–Crippen MR) is 75.1 cm³/mol. The van der Waals surface area contributed by atoms with Gasteiger partial charge in [0.15, 0.2) is 0 Å². The number of hydrogen-bond donors (Lipinski definition) is 2. The fraction of sp³-hybridized carbons (Fsp3) is 0.929. The lowest BCUT2D eigenvalue weighted by Crippen LogP contribution is -2.52. The van der Waals surface area contributed by atoms with E-state index in [2.05, 4.69) is 15.5 Å². The van der Waals surface area contributed by atoms with Crippen LogP contribution in [-0.2, 0) is 9.53 Å². The second kappa shape index (κ2) is 7.22. The molecule has 2 aliphatic rings.